The van der Waals surface area contributed by atoms with Crippen molar-refractivity contribution in [3.63, 3.8) is 0 Å². The third kappa shape index (κ3) is 4.23. The van der Waals surface area contributed by atoms with Gasteiger partial charge in [0, 0.05) is 12.0 Å². The molecule has 9 nitrogen and oxygen atoms in total. The smallest absolute Gasteiger partial charge is 0.305 e. The van der Waals surface area contributed by atoms with Crippen LogP contribution in [0.15, 0.2) is 12.1 Å². The van der Waals surface area contributed by atoms with Gasteiger partial charge in [-0.2, -0.15) is 0 Å². The Morgan fingerprint density at radius 2 is 2.19 bits per heavy atom. The lowest BCUT2D eigenvalue weighted by atomic mass is 9.86. The quantitative estimate of drug-likeness (QED) is 0.218. The van der Waals surface area contributed by atoms with E-state index in [9.17, 15) is 20.0 Å². The van der Waals surface area contributed by atoms with Crippen LogP contribution in [0.25, 0.3) is 0 Å². The van der Waals surface area contributed by atoms with Crippen molar-refractivity contribution in [2.45, 2.75) is 51.4 Å². The molecule has 0 saturated heterocycles. The van der Waals surface area contributed by atoms with Gasteiger partial charge in [0.25, 0.3) is 5.69 Å². The first-order valence-corrected chi connectivity index (χ1v) is 8.51. The first-order chi connectivity index (χ1) is 12.2. The summed E-state index contributed by atoms with van der Waals surface area (Å²) in [5.74, 6) is 0.0338. The molecule has 144 valence electrons. The fraction of sp³-hybridized carbons (Fsp3) is 0.588. The number of hydrogen-bond acceptors (Lipinski definition) is 8. The highest BCUT2D eigenvalue weighted by molar-refractivity contribution is 5.69. The topological polar surface area (TPSA) is 137 Å². The predicted octanol–water partition coefficient (Wildman–Crippen LogP) is 1.68. The lowest BCUT2D eigenvalue weighted by molar-refractivity contribution is -0.384. The first-order valence-electron chi connectivity index (χ1n) is 8.51. The van der Waals surface area contributed by atoms with E-state index in [1.54, 1.807) is 20.8 Å². The lowest BCUT2D eigenvalue weighted by Crippen LogP contribution is -2.52. The van der Waals surface area contributed by atoms with Crippen LogP contribution >= 0.6 is 0 Å². The molecule has 9 heteroatoms. The molecule has 1 aliphatic heterocycles. The van der Waals surface area contributed by atoms with E-state index in [0.29, 0.717) is 30.9 Å². The van der Waals surface area contributed by atoms with Crippen LogP contribution in [0.4, 0.5) is 11.4 Å². The number of carbonyl (C=O) groups is 1. The Morgan fingerprint density at radius 1 is 1.50 bits per heavy atom. The molecule has 0 amide bonds. The number of aliphatic hydroxyl groups excluding tert-OH is 1. The number of nitro groups is 1. The van der Waals surface area contributed by atoms with Gasteiger partial charge in [0.15, 0.2) is 0 Å². The minimum atomic E-state index is -0.949. The van der Waals surface area contributed by atoms with Gasteiger partial charge in [-0.25, -0.2) is 0 Å². The molecule has 0 aliphatic carbocycles. The molecule has 2 atom stereocenters. The average Bonchev–Trinajstić information content (AvgIpc) is 2.54. The standard InChI is InChI=1S/C17H25N3O6/c1-4-25-14(21)6-5-7-19-15-10-8-11(18)12(20(23)24)9-13(10)26-17(2,3)16(15)22/h8-9,15-16,19,22H,4-7,18H2,1-3H3. The lowest BCUT2D eigenvalue weighted by Gasteiger charge is -2.42. The van der Waals surface area contributed by atoms with E-state index < -0.39 is 22.7 Å². The van der Waals surface area contributed by atoms with Crippen molar-refractivity contribution in [3.05, 3.63) is 27.8 Å². The van der Waals surface area contributed by atoms with Crippen molar-refractivity contribution >= 4 is 17.3 Å². The number of nitrogens with zero attached hydrogens (tertiary/aromatic N) is 1. The summed E-state index contributed by atoms with van der Waals surface area (Å²) in [4.78, 5) is 21.9. The monoisotopic (exact) mass is 367 g/mol. The molecule has 0 spiro atoms. The summed E-state index contributed by atoms with van der Waals surface area (Å²) in [5, 5.41) is 24.9. The number of carbonyl (C=O) groups excluding carboxylic acids is 1. The number of nitro benzene ring substituents is 1. The number of esters is 1. The normalized spacial score (nSPS) is 20.8. The number of hydrogen-bond donors (Lipinski definition) is 3. The van der Waals surface area contributed by atoms with Gasteiger partial charge in [-0.1, -0.05) is 0 Å². The number of nitrogen functional groups attached to an aromatic ring is 1. The molecular formula is C17H25N3O6. The molecule has 2 rings (SSSR count). The van der Waals surface area contributed by atoms with E-state index in [0.717, 1.165) is 0 Å². The highest BCUT2D eigenvalue weighted by Crippen LogP contribution is 2.43. The molecule has 0 fully saturated rings. The Hall–Kier alpha value is -2.39. The van der Waals surface area contributed by atoms with Gasteiger partial charge in [0.1, 0.15) is 23.1 Å². The second kappa shape index (κ2) is 7.88. The Bertz CT molecular complexity index is 691. The first kappa shape index (κ1) is 19.9. The van der Waals surface area contributed by atoms with Crippen LogP contribution in [0, 0.1) is 10.1 Å². The summed E-state index contributed by atoms with van der Waals surface area (Å²) >= 11 is 0. The van der Waals surface area contributed by atoms with Crippen LogP contribution in [0.1, 0.15) is 45.2 Å². The fourth-order valence-electron chi connectivity index (χ4n) is 2.95. The minimum absolute atomic E-state index is 0.00239. The maximum Gasteiger partial charge on any atom is 0.305 e. The van der Waals surface area contributed by atoms with Crippen LogP contribution in [0.2, 0.25) is 0 Å². The molecule has 0 saturated carbocycles. The Balaban J connectivity index is 2.19. The average molecular weight is 367 g/mol. The second-order valence-corrected chi connectivity index (χ2v) is 6.70. The van der Waals surface area contributed by atoms with Crippen LogP contribution in [0.3, 0.4) is 0 Å². The van der Waals surface area contributed by atoms with Gasteiger partial charge in [0.05, 0.1) is 23.6 Å². The third-order valence-electron chi connectivity index (χ3n) is 4.32. The zero-order valence-corrected chi connectivity index (χ0v) is 15.2. The zero-order valence-electron chi connectivity index (χ0n) is 15.2. The van der Waals surface area contributed by atoms with Crippen molar-refractivity contribution in [1.82, 2.24) is 5.32 Å². The summed E-state index contributed by atoms with van der Waals surface area (Å²) in [6.07, 6.45) is -0.113. The number of aliphatic hydroxyl groups is 1. The van der Waals surface area contributed by atoms with E-state index in [1.807, 2.05) is 0 Å². The molecular weight excluding hydrogens is 342 g/mol. The van der Waals surface area contributed by atoms with Gasteiger partial charge in [-0.15, -0.1) is 0 Å². The Kier molecular flexibility index (Phi) is 6.04. The SMILES string of the molecule is CCOC(=O)CCCNC1c2cc(N)c([N+](=O)[O-])cc2OC(C)(C)C1O. The molecule has 26 heavy (non-hydrogen) atoms. The van der Waals surface area contributed by atoms with Crippen molar-refractivity contribution < 1.29 is 24.3 Å². The number of nitrogens with one attached hydrogen (secondary N) is 1. The number of nitrogens with two attached hydrogens (primary N) is 1. The minimum Gasteiger partial charge on any atom is -0.484 e. The van der Waals surface area contributed by atoms with E-state index in [1.165, 1.54) is 12.1 Å². The molecule has 0 bridgehead atoms. The number of fused-ring (bicyclic) bond motifs is 1. The summed E-state index contributed by atoms with van der Waals surface area (Å²) in [7, 11) is 0. The maximum absolute atomic E-state index is 11.4. The zero-order chi connectivity index (χ0) is 19.5. The van der Waals surface area contributed by atoms with Crippen LogP contribution in [-0.4, -0.2) is 40.9 Å². The van der Waals surface area contributed by atoms with Crippen molar-refractivity contribution in [2.24, 2.45) is 0 Å². The molecule has 1 heterocycles. The van der Waals surface area contributed by atoms with E-state index in [-0.39, 0.29) is 23.8 Å². The van der Waals surface area contributed by atoms with Crippen molar-refractivity contribution in [1.29, 1.82) is 0 Å². The fourth-order valence-corrected chi connectivity index (χ4v) is 2.95. The largest absolute Gasteiger partial charge is 0.484 e. The van der Waals surface area contributed by atoms with Crippen LogP contribution in [0.5, 0.6) is 5.75 Å². The van der Waals surface area contributed by atoms with Crippen LogP contribution < -0.4 is 15.8 Å². The van der Waals surface area contributed by atoms with E-state index in [4.69, 9.17) is 15.2 Å². The molecule has 1 aliphatic rings. The predicted molar refractivity (Wildman–Crippen MR) is 94.8 cm³/mol. The van der Waals surface area contributed by atoms with Gasteiger partial charge in [-0.05, 0) is 39.8 Å². The number of benzene rings is 1. The van der Waals surface area contributed by atoms with Crippen molar-refractivity contribution in [2.75, 3.05) is 18.9 Å². The molecule has 1 aromatic carbocycles. The maximum atomic E-state index is 11.4. The molecule has 4 N–H and O–H groups in total. The van der Waals surface area contributed by atoms with Crippen LogP contribution in [-0.2, 0) is 9.53 Å². The molecule has 0 radical (unpaired) electrons. The van der Waals surface area contributed by atoms with Gasteiger partial charge < -0.3 is 25.6 Å². The molecule has 2 unspecified atom stereocenters. The van der Waals surface area contributed by atoms with E-state index >= 15 is 0 Å². The molecule has 0 aromatic heterocycles. The summed E-state index contributed by atoms with van der Waals surface area (Å²) in [5.41, 5.74) is 5.15. The number of anilines is 1. The van der Waals surface area contributed by atoms with Gasteiger partial charge >= 0.3 is 5.97 Å². The Labute approximate surface area is 151 Å². The van der Waals surface area contributed by atoms with Gasteiger partial charge in [0.2, 0.25) is 0 Å². The van der Waals surface area contributed by atoms with Gasteiger partial charge in [-0.3, -0.25) is 14.9 Å². The Morgan fingerprint density at radius 3 is 2.81 bits per heavy atom. The summed E-state index contributed by atoms with van der Waals surface area (Å²) in [6.45, 7) is 5.95. The third-order valence-corrected chi connectivity index (χ3v) is 4.32. The van der Waals surface area contributed by atoms with Crippen molar-refractivity contribution in [3.8, 4) is 5.75 Å². The van der Waals surface area contributed by atoms with E-state index in [2.05, 4.69) is 5.32 Å². The molecule has 1 aromatic rings. The summed E-state index contributed by atoms with van der Waals surface area (Å²) in [6, 6.07) is 2.21. The second-order valence-electron chi connectivity index (χ2n) is 6.70. The summed E-state index contributed by atoms with van der Waals surface area (Å²) < 4.78 is 10.6. The number of ether oxygens (including phenoxy) is 2. The number of rotatable bonds is 7. The highest BCUT2D eigenvalue weighted by atomic mass is 16.6. The highest BCUT2D eigenvalue weighted by Gasteiger charge is 2.43.